The highest BCUT2D eigenvalue weighted by molar-refractivity contribution is 5.93. The lowest BCUT2D eigenvalue weighted by Crippen LogP contribution is -2.51. The summed E-state index contributed by atoms with van der Waals surface area (Å²) in [6.07, 6.45) is 3.83. The molecule has 1 amide bonds. The average Bonchev–Trinajstić information content (AvgIpc) is 3.16. The van der Waals surface area contributed by atoms with E-state index >= 15 is 0 Å². The van der Waals surface area contributed by atoms with E-state index in [1.54, 1.807) is 0 Å². The number of carbonyl (C=O) groups excluding carboxylic acids is 1. The summed E-state index contributed by atoms with van der Waals surface area (Å²) in [6, 6.07) is 13.9. The first-order valence-electron chi connectivity index (χ1n) is 7.60. The van der Waals surface area contributed by atoms with E-state index in [-0.39, 0.29) is 11.9 Å². The number of hydrogen-bond acceptors (Lipinski definition) is 3. The van der Waals surface area contributed by atoms with Gasteiger partial charge in [0.15, 0.2) is 0 Å². The van der Waals surface area contributed by atoms with Crippen molar-refractivity contribution in [2.75, 3.05) is 13.1 Å². The molecule has 0 unspecified atom stereocenters. The molecular formula is C17H17N5O. The summed E-state index contributed by atoms with van der Waals surface area (Å²) in [5.74, 6) is 0.0668. The number of amides is 1. The molecule has 1 aromatic carbocycles. The minimum Gasteiger partial charge on any atom is -0.347 e. The molecule has 0 bridgehead atoms. The molecule has 4 rings (SSSR count). The number of benzene rings is 1. The van der Waals surface area contributed by atoms with Crippen LogP contribution in [-0.2, 0) is 7.05 Å². The highest BCUT2D eigenvalue weighted by atomic mass is 16.2. The molecular weight excluding hydrogens is 290 g/mol. The van der Waals surface area contributed by atoms with E-state index in [2.05, 4.69) is 10.3 Å². The third-order valence-electron chi connectivity index (χ3n) is 4.27. The Morgan fingerprint density at radius 3 is 2.61 bits per heavy atom. The third-order valence-corrected chi connectivity index (χ3v) is 4.27. The zero-order valence-electron chi connectivity index (χ0n) is 12.8. The largest absolute Gasteiger partial charge is 0.347 e. The zero-order valence-corrected chi connectivity index (χ0v) is 12.8. The van der Waals surface area contributed by atoms with Crippen molar-refractivity contribution < 1.29 is 4.79 Å². The van der Waals surface area contributed by atoms with E-state index in [1.165, 1.54) is 0 Å². The second-order valence-electron chi connectivity index (χ2n) is 5.82. The van der Waals surface area contributed by atoms with E-state index in [1.807, 2.05) is 76.1 Å². The van der Waals surface area contributed by atoms with E-state index in [9.17, 15) is 4.79 Å². The van der Waals surface area contributed by atoms with Gasteiger partial charge in [0, 0.05) is 31.9 Å². The first-order valence-corrected chi connectivity index (χ1v) is 7.60. The predicted octanol–water partition coefficient (Wildman–Crippen LogP) is 1.98. The van der Waals surface area contributed by atoms with Gasteiger partial charge in [0.25, 0.3) is 5.91 Å². The Kier molecular flexibility index (Phi) is 3.22. The molecule has 2 aromatic heterocycles. The number of nitrogens with zero attached hydrogens (tertiary/aromatic N) is 5. The number of hydrogen-bond donors (Lipinski definition) is 0. The van der Waals surface area contributed by atoms with Crippen LogP contribution in [0.25, 0.3) is 11.3 Å². The number of rotatable bonds is 3. The average molecular weight is 307 g/mol. The summed E-state index contributed by atoms with van der Waals surface area (Å²) in [5.41, 5.74) is 2.62. The van der Waals surface area contributed by atoms with Gasteiger partial charge in [-0.1, -0.05) is 35.5 Å². The Morgan fingerprint density at radius 1 is 1.13 bits per heavy atom. The van der Waals surface area contributed by atoms with Crippen LogP contribution in [-0.4, -0.2) is 43.5 Å². The Bertz CT molecular complexity index is 830. The van der Waals surface area contributed by atoms with Gasteiger partial charge in [-0.25, -0.2) is 4.68 Å². The second-order valence-corrected chi connectivity index (χ2v) is 5.82. The SMILES string of the molecule is Cn1cccc1C(=O)N1CC(n2cc(-c3ccccc3)nn2)C1. The van der Waals surface area contributed by atoms with E-state index < -0.39 is 0 Å². The fraction of sp³-hybridized carbons (Fsp3) is 0.235. The van der Waals surface area contributed by atoms with Crippen molar-refractivity contribution in [2.24, 2.45) is 7.05 Å². The van der Waals surface area contributed by atoms with Crippen LogP contribution in [0.5, 0.6) is 0 Å². The van der Waals surface area contributed by atoms with Crippen LogP contribution >= 0.6 is 0 Å². The van der Waals surface area contributed by atoms with Crippen molar-refractivity contribution in [2.45, 2.75) is 6.04 Å². The Hall–Kier alpha value is -2.89. The monoisotopic (exact) mass is 307 g/mol. The molecule has 6 heteroatoms. The van der Waals surface area contributed by atoms with E-state index in [0.29, 0.717) is 18.8 Å². The number of likely N-dealkylation sites (tertiary alicyclic amines) is 1. The van der Waals surface area contributed by atoms with Gasteiger partial charge in [-0.2, -0.15) is 0 Å². The first kappa shape index (κ1) is 13.8. The molecule has 0 aliphatic carbocycles. The Labute approximate surface area is 134 Å². The van der Waals surface area contributed by atoms with E-state index in [0.717, 1.165) is 11.3 Å². The predicted molar refractivity (Wildman–Crippen MR) is 85.8 cm³/mol. The minimum absolute atomic E-state index is 0.0668. The van der Waals surface area contributed by atoms with Crippen LogP contribution < -0.4 is 0 Å². The molecule has 3 heterocycles. The topological polar surface area (TPSA) is 56.0 Å². The molecule has 0 saturated carbocycles. The van der Waals surface area contributed by atoms with Crippen molar-refractivity contribution in [3.05, 3.63) is 60.6 Å². The summed E-state index contributed by atoms with van der Waals surface area (Å²) >= 11 is 0. The first-order chi connectivity index (χ1) is 11.2. The van der Waals surface area contributed by atoms with Gasteiger partial charge < -0.3 is 9.47 Å². The van der Waals surface area contributed by atoms with Gasteiger partial charge in [0.2, 0.25) is 0 Å². The van der Waals surface area contributed by atoms with Crippen LogP contribution in [0.1, 0.15) is 16.5 Å². The fourth-order valence-electron chi connectivity index (χ4n) is 2.83. The minimum atomic E-state index is 0.0668. The van der Waals surface area contributed by atoms with Gasteiger partial charge in [-0.3, -0.25) is 4.79 Å². The maximum atomic E-state index is 12.4. The van der Waals surface area contributed by atoms with Gasteiger partial charge in [-0.15, -0.1) is 5.10 Å². The van der Waals surface area contributed by atoms with Crippen LogP contribution in [0.15, 0.2) is 54.9 Å². The van der Waals surface area contributed by atoms with Crippen molar-refractivity contribution >= 4 is 5.91 Å². The molecule has 1 fully saturated rings. The number of carbonyl (C=O) groups is 1. The molecule has 1 saturated heterocycles. The van der Waals surface area contributed by atoms with Crippen LogP contribution in [0.4, 0.5) is 0 Å². The Balaban J connectivity index is 1.44. The second kappa shape index (κ2) is 5.39. The molecule has 1 aliphatic rings. The molecule has 0 radical (unpaired) electrons. The lowest BCUT2D eigenvalue weighted by molar-refractivity contribution is 0.0489. The van der Waals surface area contributed by atoms with Gasteiger partial charge >= 0.3 is 0 Å². The summed E-state index contributed by atoms with van der Waals surface area (Å²) < 4.78 is 3.70. The molecule has 6 nitrogen and oxygen atoms in total. The van der Waals surface area contributed by atoms with Crippen LogP contribution in [0, 0.1) is 0 Å². The smallest absolute Gasteiger partial charge is 0.270 e. The maximum absolute atomic E-state index is 12.4. The highest BCUT2D eigenvalue weighted by Crippen LogP contribution is 2.24. The number of aromatic nitrogens is 4. The third kappa shape index (κ3) is 2.42. The van der Waals surface area contributed by atoms with Gasteiger partial charge in [-0.05, 0) is 12.1 Å². The molecule has 23 heavy (non-hydrogen) atoms. The molecule has 3 aromatic rings. The molecule has 1 aliphatic heterocycles. The van der Waals surface area contributed by atoms with Crippen molar-refractivity contribution in [3.63, 3.8) is 0 Å². The quantitative estimate of drug-likeness (QED) is 0.743. The fourth-order valence-corrected chi connectivity index (χ4v) is 2.83. The normalized spacial score (nSPS) is 14.7. The van der Waals surface area contributed by atoms with Crippen molar-refractivity contribution in [3.8, 4) is 11.3 Å². The summed E-state index contributed by atoms with van der Waals surface area (Å²) in [4.78, 5) is 14.2. The van der Waals surface area contributed by atoms with Gasteiger partial charge in [0.1, 0.15) is 11.4 Å². The molecule has 0 atom stereocenters. The Morgan fingerprint density at radius 2 is 1.91 bits per heavy atom. The molecule has 116 valence electrons. The molecule has 0 N–H and O–H groups in total. The zero-order chi connectivity index (χ0) is 15.8. The van der Waals surface area contributed by atoms with Crippen molar-refractivity contribution in [1.29, 1.82) is 0 Å². The van der Waals surface area contributed by atoms with Crippen molar-refractivity contribution in [1.82, 2.24) is 24.5 Å². The van der Waals surface area contributed by atoms with Crippen LogP contribution in [0.2, 0.25) is 0 Å². The summed E-state index contributed by atoms with van der Waals surface area (Å²) in [6.45, 7) is 1.34. The summed E-state index contributed by atoms with van der Waals surface area (Å²) in [5, 5.41) is 8.44. The standard InChI is InChI=1S/C17H17N5O/c1-20-9-5-8-16(20)17(23)21-10-14(11-21)22-12-15(18-19-22)13-6-3-2-4-7-13/h2-9,12,14H,10-11H2,1H3. The maximum Gasteiger partial charge on any atom is 0.270 e. The van der Waals surface area contributed by atoms with E-state index in [4.69, 9.17) is 0 Å². The lowest BCUT2D eigenvalue weighted by atomic mass is 10.1. The number of aryl methyl sites for hydroxylation is 1. The summed E-state index contributed by atoms with van der Waals surface area (Å²) in [7, 11) is 1.88. The highest BCUT2D eigenvalue weighted by Gasteiger charge is 2.34. The van der Waals surface area contributed by atoms with Crippen LogP contribution in [0.3, 0.4) is 0 Å². The molecule has 0 spiro atoms. The lowest BCUT2D eigenvalue weighted by Gasteiger charge is -2.38. The van der Waals surface area contributed by atoms with Gasteiger partial charge in [0.05, 0.1) is 12.2 Å².